The highest BCUT2D eigenvalue weighted by molar-refractivity contribution is 4.86. The smallest absolute Gasteiger partial charge is 0.0718 e. The highest BCUT2D eigenvalue weighted by Gasteiger charge is 2.33. The maximum atomic E-state index is 6.26. The molecule has 0 amide bonds. The Labute approximate surface area is 140 Å². The van der Waals surface area contributed by atoms with Gasteiger partial charge in [-0.2, -0.15) is 0 Å². The molecule has 0 bridgehead atoms. The standard InChI is InChI=1S/C15H30N2O.2C2H6/c1-12(15(2,3)4)17-10-7-14(11-17)18-13-5-8-16-9-6-13;2*1-2/h12-14,16H,5-11H2,1-4H3;2*1-2H3. The fourth-order valence-corrected chi connectivity index (χ4v) is 2.97. The molecule has 134 valence electrons. The van der Waals surface area contributed by atoms with Gasteiger partial charge in [0, 0.05) is 19.1 Å². The Morgan fingerprint density at radius 2 is 1.50 bits per heavy atom. The van der Waals surface area contributed by atoms with E-state index in [1.807, 2.05) is 27.7 Å². The fourth-order valence-electron chi connectivity index (χ4n) is 2.97. The average molecular weight is 315 g/mol. The summed E-state index contributed by atoms with van der Waals surface area (Å²) in [6.07, 6.45) is 4.56. The van der Waals surface area contributed by atoms with Crippen LogP contribution in [0.3, 0.4) is 0 Å². The van der Waals surface area contributed by atoms with Crippen molar-refractivity contribution in [2.75, 3.05) is 26.2 Å². The molecule has 2 atom stereocenters. The predicted octanol–water partition coefficient (Wildman–Crippen LogP) is 4.32. The van der Waals surface area contributed by atoms with Crippen molar-refractivity contribution in [3.05, 3.63) is 0 Å². The molecule has 1 N–H and O–H groups in total. The molecular formula is C19H42N2O. The van der Waals surface area contributed by atoms with Crippen molar-refractivity contribution in [1.29, 1.82) is 0 Å². The summed E-state index contributed by atoms with van der Waals surface area (Å²) >= 11 is 0. The number of nitrogens with zero attached hydrogens (tertiary/aromatic N) is 1. The quantitative estimate of drug-likeness (QED) is 0.840. The number of hydrogen-bond acceptors (Lipinski definition) is 3. The third kappa shape index (κ3) is 7.43. The van der Waals surface area contributed by atoms with E-state index in [1.165, 1.54) is 25.8 Å². The minimum absolute atomic E-state index is 0.365. The zero-order valence-corrected chi connectivity index (χ0v) is 16.5. The van der Waals surface area contributed by atoms with Gasteiger partial charge in [-0.25, -0.2) is 0 Å². The summed E-state index contributed by atoms with van der Waals surface area (Å²) in [5.41, 5.74) is 0.365. The molecule has 2 unspecified atom stereocenters. The lowest BCUT2D eigenvalue weighted by Crippen LogP contribution is -2.41. The van der Waals surface area contributed by atoms with Crippen molar-refractivity contribution in [3.63, 3.8) is 0 Å². The van der Waals surface area contributed by atoms with Gasteiger partial charge in [0.15, 0.2) is 0 Å². The third-order valence-corrected chi connectivity index (χ3v) is 4.65. The Kier molecular flexibility index (Phi) is 11.4. The van der Waals surface area contributed by atoms with Crippen LogP contribution >= 0.6 is 0 Å². The van der Waals surface area contributed by atoms with E-state index in [1.54, 1.807) is 0 Å². The summed E-state index contributed by atoms with van der Waals surface area (Å²) in [6.45, 7) is 21.9. The highest BCUT2D eigenvalue weighted by atomic mass is 16.5. The minimum atomic E-state index is 0.365. The van der Waals surface area contributed by atoms with E-state index in [0.717, 1.165) is 19.6 Å². The Hall–Kier alpha value is -0.120. The summed E-state index contributed by atoms with van der Waals surface area (Å²) in [5.74, 6) is 0. The molecule has 0 spiro atoms. The number of rotatable bonds is 3. The van der Waals surface area contributed by atoms with Crippen LogP contribution in [0.5, 0.6) is 0 Å². The zero-order chi connectivity index (χ0) is 17.2. The first-order valence-electron chi connectivity index (χ1n) is 9.57. The summed E-state index contributed by atoms with van der Waals surface area (Å²) in [5, 5.41) is 3.40. The maximum Gasteiger partial charge on any atom is 0.0718 e. The van der Waals surface area contributed by atoms with Crippen LogP contribution in [0.1, 0.15) is 74.7 Å². The van der Waals surface area contributed by atoms with Gasteiger partial charge < -0.3 is 10.1 Å². The van der Waals surface area contributed by atoms with Crippen LogP contribution < -0.4 is 5.32 Å². The molecule has 0 aromatic rings. The Balaban J connectivity index is 0.00000102. The molecule has 3 heteroatoms. The van der Waals surface area contributed by atoms with Gasteiger partial charge in [0.05, 0.1) is 12.2 Å². The monoisotopic (exact) mass is 314 g/mol. The van der Waals surface area contributed by atoms with Crippen LogP contribution in [0.4, 0.5) is 0 Å². The van der Waals surface area contributed by atoms with E-state index in [0.29, 0.717) is 23.7 Å². The summed E-state index contributed by atoms with van der Waals surface area (Å²) < 4.78 is 6.26. The fraction of sp³-hybridized carbons (Fsp3) is 1.00. The highest BCUT2D eigenvalue weighted by Crippen LogP contribution is 2.28. The van der Waals surface area contributed by atoms with Crippen LogP contribution in [0.15, 0.2) is 0 Å². The number of ether oxygens (including phenoxy) is 1. The summed E-state index contributed by atoms with van der Waals surface area (Å²) in [6, 6.07) is 0.638. The van der Waals surface area contributed by atoms with Gasteiger partial charge in [-0.05, 0) is 44.7 Å². The number of hydrogen-bond donors (Lipinski definition) is 1. The molecule has 0 aromatic heterocycles. The van der Waals surface area contributed by atoms with Crippen LogP contribution in [0.2, 0.25) is 0 Å². The van der Waals surface area contributed by atoms with Crippen molar-refractivity contribution >= 4 is 0 Å². The molecule has 0 aromatic carbocycles. The molecule has 0 radical (unpaired) electrons. The van der Waals surface area contributed by atoms with E-state index in [9.17, 15) is 0 Å². The number of piperidine rings is 1. The minimum Gasteiger partial charge on any atom is -0.374 e. The molecule has 2 aliphatic heterocycles. The Bertz CT molecular complexity index is 257. The summed E-state index contributed by atoms with van der Waals surface area (Å²) in [4.78, 5) is 2.60. The first-order valence-corrected chi connectivity index (χ1v) is 9.57. The lowest BCUT2D eigenvalue weighted by Gasteiger charge is -2.35. The lowest BCUT2D eigenvalue weighted by molar-refractivity contribution is -0.0243. The molecule has 0 saturated carbocycles. The normalized spacial score (nSPS) is 24.8. The second kappa shape index (κ2) is 11.4. The van der Waals surface area contributed by atoms with E-state index in [4.69, 9.17) is 4.74 Å². The molecule has 0 aliphatic carbocycles. The first-order chi connectivity index (χ1) is 10.5. The van der Waals surface area contributed by atoms with Gasteiger partial charge in [-0.15, -0.1) is 0 Å². The molecule has 2 rings (SSSR count). The van der Waals surface area contributed by atoms with Crippen molar-refractivity contribution in [3.8, 4) is 0 Å². The third-order valence-electron chi connectivity index (χ3n) is 4.65. The molecule has 2 fully saturated rings. The molecule has 3 nitrogen and oxygen atoms in total. The van der Waals surface area contributed by atoms with Crippen LogP contribution in [0.25, 0.3) is 0 Å². The van der Waals surface area contributed by atoms with E-state index in [-0.39, 0.29) is 0 Å². The summed E-state index contributed by atoms with van der Waals surface area (Å²) in [7, 11) is 0. The average Bonchev–Trinajstić information content (AvgIpc) is 2.99. The van der Waals surface area contributed by atoms with Crippen molar-refractivity contribution in [2.24, 2.45) is 5.41 Å². The molecule has 2 aliphatic rings. The number of nitrogens with one attached hydrogen (secondary N) is 1. The largest absolute Gasteiger partial charge is 0.374 e. The lowest BCUT2D eigenvalue weighted by atomic mass is 9.87. The van der Waals surface area contributed by atoms with Crippen molar-refractivity contribution < 1.29 is 4.74 Å². The van der Waals surface area contributed by atoms with Crippen molar-refractivity contribution in [2.45, 2.75) is 92.9 Å². The maximum absolute atomic E-state index is 6.26. The molecule has 22 heavy (non-hydrogen) atoms. The van der Waals surface area contributed by atoms with Gasteiger partial charge in [-0.1, -0.05) is 48.5 Å². The van der Waals surface area contributed by atoms with Crippen LogP contribution in [-0.4, -0.2) is 49.3 Å². The Morgan fingerprint density at radius 3 is 2.00 bits per heavy atom. The van der Waals surface area contributed by atoms with Gasteiger partial charge >= 0.3 is 0 Å². The number of likely N-dealkylation sites (tertiary alicyclic amines) is 1. The molecule has 2 saturated heterocycles. The van der Waals surface area contributed by atoms with Gasteiger partial charge in [0.2, 0.25) is 0 Å². The Morgan fingerprint density at radius 1 is 0.955 bits per heavy atom. The first kappa shape index (κ1) is 21.9. The zero-order valence-electron chi connectivity index (χ0n) is 16.5. The van der Waals surface area contributed by atoms with Gasteiger partial charge in [0.25, 0.3) is 0 Å². The van der Waals surface area contributed by atoms with Gasteiger partial charge in [-0.3, -0.25) is 4.90 Å². The van der Waals surface area contributed by atoms with E-state index >= 15 is 0 Å². The topological polar surface area (TPSA) is 24.5 Å². The van der Waals surface area contributed by atoms with Gasteiger partial charge in [0.1, 0.15) is 0 Å². The second-order valence-electron chi connectivity index (χ2n) is 7.03. The van der Waals surface area contributed by atoms with Crippen LogP contribution in [0, 0.1) is 5.41 Å². The van der Waals surface area contributed by atoms with Crippen molar-refractivity contribution in [1.82, 2.24) is 10.2 Å². The molecule has 2 heterocycles. The second-order valence-corrected chi connectivity index (χ2v) is 7.03. The predicted molar refractivity (Wildman–Crippen MR) is 98.6 cm³/mol. The van der Waals surface area contributed by atoms with E-state index < -0.39 is 0 Å². The van der Waals surface area contributed by atoms with E-state index in [2.05, 4.69) is 37.9 Å². The van der Waals surface area contributed by atoms with Crippen LogP contribution in [-0.2, 0) is 4.74 Å². The molecular weight excluding hydrogens is 272 g/mol. The SMILES string of the molecule is CC.CC.CC(N1CCC(OC2CCNCC2)C1)C(C)(C)C.